The average Bonchev–Trinajstić information content (AvgIpc) is 2.62. The van der Waals surface area contributed by atoms with Gasteiger partial charge in [-0.15, -0.1) is 0 Å². The smallest absolute Gasteiger partial charge is 0.254 e. The molecule has 0 atom stereocenters. The molecule has 2 heterocycles. The summed E-state index contributed by atoms with van der Waals surface area (Å²) in [4.78, 5) is 25.2. The number of amides is 1. The Morgan fingerprint density at radius 2 is 1.96 bits per heavy atom. The molecule has 0 radical (unpaired) electrons. The Morgan fingerprint density at radius 3 is 2.67 bits per heavy atom. The van der Waals surface area contributed by atoms with E-state index in [1.54, 1.807) is 6.33 Å². The van der Waals surface area contributed by atoms with E-state index in [1.807, 2.05) is 49.1 Å². The molecular weight excluding hydrogens is 304 g/mol. The minimum Gasteiger partial charge on any atom is -0.494 e. The van der Waals surface area contributed by atoms with Crippen LogP contribution in [0.15, 0.2) is 36.7 Å². The number of nitrogens with zero attached hydrogens (tertiary/aromatic N) is 4. The highest BCUT2D eigenvalue weighted by atomic mass is 16.5. The zero-order valence-electron chi connectivity index (χ0n) is 14.1. The van der Waals surface area contributed by atoms with Crippen molar-refractivity contribution in [3.05, 3.63) is 47.9 Å². The first-order chi connectivity index (χ1) is 11.7. The van der Waals surface area contributed by atoms with Crippen LogP contribution in [0, 0.1) is 6.92 Å². The van der Waals surface area contributed by atoms with Crippen molar-refractivity contribution in [2.24, 2.45) is 0 Å². The number of benzene rings is 1. The Balaban J connectivity index is 1.64. The van der Waals surface area contributed by atoms with Crippen LogP contribution in [0.3, 0.4) is 0 Å². The Kier molecular flexibility index (Phi) is 4.93. The van der Waals surface area contributed by atoms with Gasteiger partial charge in [-0.3, -0.25) is 4.79 Å². The quantitative estimate of drug-likeness (QED) is 0.861. The molecule has 6 nitrogen and oxygen atoms in total. The highest BCUT2D eigenvalue weighted by Crippen LogP contribution is 2.18. The van der Waals surface area contributed by atoms with Gasteiger partial charge in [0.25, 0.3) is 5.91 Å². The molecule has 3 rings (SSSR count). The molecule has 0 spiro atoms. The molecule has 0 bridgehead atoms. The van der Waals surface area contributed by atoms with Crippen LogP contribution in [-0.4, -0.2) is 53.6 Å². The summed E-state index contributed by atoms with van der Waals surface area (Å²) in [7, 11) is 0. The highest BCUT2D eigenvalue weighted by molar-refractivity contribution is 5.94. The lowest BCUT2D eigenvalue weighted by Gasteiger charge is -2.35. The fraction of sp³-hybridized carbons (Fsp3) is 0.389. The van der Waals surface area contributed by atoms with Gasteiger partial charge >= 0.3 is 0 Å². The number of anilines is 1. The maximum Gasteiger partial charge on any atom is 0.254 e. The molecule has 1 fully saturated rings. The molecule has 1 aromatic carbocycles. The van der Waals surface area contributed by atoms with Gasteiger partial charge in [0.15, 0.2) is 0 Å². The van der Waals surface area contributed by atoms with Gasteiger partial charge in [-0.25, -0.2) is 9.97 Å². The summed E-state index contributed by atoms with van der Waals surface area (Å²) < 4.78 is 5.48. The second kappa shape index (κ2) is 7.29. The summed E-state index contributed by atoms with van der Waals surface area (Å²) in [6.07, 6.45) is 1.58. The third kappa shape index (κ3) is 3.64. The lowest BCUT2D eigenvalue weighted by atomic mass is 10.1. The molecule has 6 heteroatoms. The summed E-state index contributed by atoms with van der Waals surface area (Å²) >= 11 is 0. The molecule has 1 aliphatic rings. The summed E-state index contributed by atoms with van der Waals surface area (Å²) in [6.45, 7) is 7.38. The maximum absolute atomic E-state index is 12.7. The largest absolute Gasteiger partial charge is 0.494 e. The topological polar surface area (TPSA) is 58.6 Å². The van der Waals surface area contributed by atoms with E-state index in [1.165, 1.54) is 0 Å². The molecule has 1 saturated heterocycles. The van der Waals surface area contributed by atoms with E-state index >= 15 is 0 Å². The molecule has 24 heavy (non-hydrogen) atoms. The molecule has 0 N–H and O–H groups in total. The van der Waals surface area contributed by atoms with Crippen molar-refractivity contribution in [1.29, 1.82) is 0 Å². The number of aromatic nitrogens is 2. The number of piperazine rings is 1. The monoisotopic (exact) mass is 326 g/mol. The first-order valence-electron chi connectivity index (χ1n) is 8.23. The van der Waals surface area contributed by atoms with Crippen molar-refractivity contribution >= 4 is 11.7 Å². The molecule has 126 valence electrons. The Hall–Kier alpha value is -2.63. The number of ether oxygens (including phenoxy) is 1. The lowest BCUT2D eigenvalue weighted by molar-refractivity contribution is 0.0746. The summed E-state index contributed by atoms with van der Waals surface area (Å²) in [5.74, 6) is 1.71. The van der Waals surface area contributed by atoms with Crippen LogP contribution in [0.2, 0.25) is 0 Å². The summed E-state index contributed by atoms with van der Waals surface area (Å²) in [5.41, 5.74) is 1.62. The van der Waals surface area contributed by atoms with Crippen LogP contribution >= 0.6 is 0 Å². The van der Waals surface area contributed by atoms with Crippen molar-refractivity contribution in [2.75, 3.05) is 37.7 Å². The number of hydrogen-bond acceptors (Lipinski definition) is 5. The first-order valence-corrected chi connectivity index (χ1v) is 8.23. The Labute approximate surface area is 142 Å². The van der Waals surface area contributed by atoms with Gasteiger partial charge in [0, 0.05) is 43.5 Å². The number of hydrogen-bond donors (Lipinski definition) is 0. The second-order valence-electron chi connectivity index (χ2n) is 5.76. The Bertz CT molecular complexity index is 712. The third-order valence-corrected chi connectivity index (χ3v) is 4.07. The van der Waals surface area contributed by atoms with Gasteiger partial charge < -0.3 is 14.5 Å². The normalized spacial score (nSPS) is 14.6. The predicted octanol–water partition coefficient (Wildman–Crippen LogP) is 2.15. The Morgan fingerprint density at radius 1 is 1.17 bits per heavy atom. The van der Waals surface area contributed by atoms with Gasteiger partial charge in [0.05, 0.1) is 6.61 Å². The molecule has 1 aliphatic heterocycles. The van der Waals surface area contributed by atoms with Crippen LogP contribution in [0.1, 0.15) is 23.0 Å². The minimum absolute atomic E-state index is 0.0510. The molecule has 0 saturated carbocycles. The highest BCUT2D eigenvalue weighted by Gasteiger charge is 2.23. The first kappa shape index (κ1) is 16.2. The third-order valence-electron chi connectivity index (χ3n) is 4.07. The van der Waals surface area contributed by atoms with Crippen LogP contribution in [-0.2, 0) is 0 Å². The SMILES string of the molecule is CCOc1cccc(C(=O)N2CCN(c3cc(C)ncn3)CC2)c1. The van der Waals surface area contributed by atoms with Gasteiger partial charge in [0.2, 0.25) is 0 Å². The van der Waals surface area contributed by atoms with Crippen molar-refractivity contribution < 1.29 is 9.53 Å². The molecule has 1 amide bonds. The zero-order valence-corrected chi connectivity index (χ0v) is 14.1. The van der Waals surface area contributed by atoms with Gasteiger partial charge in [-0.1, -0.05) is 6.07 Å². The van der Waals surface area contributed by atoms with E-state index in [2.05, 4.69) is 14.9 Å². The maximum atomic E-state index is 12.7. The standard InChI is InChI=1S/C18H22N4O2/c1-3-24-16-6-4-5-15(12-16)18(23)22-9-7-21(8-10-22)17-11-14(2)19-13-20-17/h4-6,11-13H,3,7-10H2,1-2H3. The van der Waals surface area contributed by atoms with Crippen molar-refractivity contribution in [3.63, 3.8) is 0 Å². The van der Waals surface area contributed by atoms with E-state index in [4.69, 9.17) is 4.74 Å². The minimum atomic E-state index is 0.0510. The summed E-state index contributed by atoms with van der Waals surface area (Å²) in [5, 5.41) is 0. The fourth-order valence-corrected chi connectivity index (χ4v) is 2.82. The van der Waals surface area contributed by atoms with E-state index in [0.717, 1.165) is 30.4 Å². The fourth-order valence-electron chi connectivity index (χ4n) is 2.82. The average molecular weight is 326 g/mol. The number of rotatable bonds is 4. The molecule has 0 aliphatic carbocycles. The molecular formula is C18H22N4O2. The molecule has 1 aromatic heterocycles. The van der Waals surface area contributed by atoms with Gasteiger partial charge in [-0.2, -0.15) is 0 Å². The van der Waals surface area contributed by atoms with Gasteiger partial charge in [-0.05, 0) is 32.0 Å². The lowest BCUT2D eigenvalue weighted by Crippen LogP contribution is -2.49. The van der Waals surface area contributed by atoms with Crippen molar-refractivity contribution in [1.82, 2.24) is 14.9 Å². The molecule has 0 unspecified atom stereocenters. The van der Waals surface area contributed by atoms with Crippen LogP contribution in [0.4, 0.5) is 5.82 Å². The van der Waals surface area contributed by atoms with Crippen LogP contribution < -0.4 is 9.64 Å². The van der Waals surface area contributed by atoms with Crippen molar-refractivity contribution in [3.8, 4) is 5.75 Å². The zero-order chi connectivity index (χ0) is 16.9. The number of carbonyl (C=O) groups excluding carboxylic acids is 1. The predicted molar refractivity (Wildman–Crippen MR) is 92.5 cm³/mol. The summed E-state index contributed by atoms with van der Waals surface area (Å²) in [6, 6.07) is 9.36. The van der Waals surface area contributed by atoms with E-state index in [0.29, 0.717) is 25.3 Å². The number of carbonyl (C=O) groups is 1. The van der Waals surface area contributed by atoms with Crippen LogP contribution in [0.25, 0.3) is 0 Å². The van der Waals surface area contributed by atoms with E-state index in [-0.39, 0.29) is 5.91 Å². The van der Waals surface area contributed by atoms with Crippen LogP contribution in [0.5, 0.6) is 5.75 Å². The number of aryl methyl sites for hydroxylation is 1. The van der Waals surface area contributed by atoms with Crippen molar-refractivity contribution in [2.45, 2.75) is 13.8 Å². The second-order valence-corrected chi connectivity index (χ2v) is 5.76. The van der Waals surface area contributed by atoms with Gasteiger partial charge in [0.1, 0.15) is 17.9 Å². The van der Waals surface area contributed by atoms with E-state index in [9.17, 15) is 4.79 Å². The molecule has 2 aromatic rings. The van der Waals surface area contributed by atoms with E-state index < -0.39 is 0 Å².